The second-order valence-electron chi connectivity index (χ2n) is 6.69. The highest BCUT2D eigenvalue weighted by molar-refractivity contribution is 5.48. The van der Waals surface area contributed by atoms with Crippen molar-refractivity contribution in [2.75, 3.05) is 0 Å². The number of aldehydes is 1. The van der Waals surface area contributed by atoms with Crippen molar-refractivity contribution in [1.82, 2.24) is 0 Å². The summed E-state index contributed by atoms with van der Waals surface area (Å²) in [4.78, 5) is 10.4. The van der Waals surface area contributed by atoms with Gasteiger partial charge >= 0.3 is 0 Å². The van der Waals surface area contributed by atoms with Crippen LogP contribution in [0.1, 0.15) is 90.9 Å². The fourth-order valence-electron chi connectivity index (χ4n) is 2.67. The van der Waals surface area contributed by atoms with Crippen molar-refractivity contribution >= 4 is 6.29 Å². The third-order valence-electron chi connectivity index (χ3n) is 4.62. The van der Waals surface area contributed by atoms with Gasteiger partial charge in [0.05, 0.1) is 6.07 Å². The first-order chi connectivity index (χ1) is 11.2. The van der Waals surface area contributed by atoms with Gasteiger partial charge in [0.2, 0.25) is 0 Å². The molecule has 0 heterocycles. The number of hydrogen-bond donors (Lipinski definition) is 0. The lowest BCUT2D eigenvalue weighted by Gasteiger charge is -2.27. The standard InChI is InChI=1S/C21H35NO/c1-3-21(2,18-14-16-20-23)17-13-11-9-7-5-4-6-8-10-12-15-19-22/h8-11,20H,3-7,12-18H2,1-2H3/b10-8-,11-9-. The predicted octanol–water partition coefficient (Wildman–Crippen LogP) is 6.53. The Bertz CT molecular complexity index is 378. The molecule has 0 bridgehead atoms. The Labute approximate surface area is 143 Å². The number of rotatable bonds is 15. The van der Waals surface area contributed by atoms with Gasteiger partial charge in [-0.25, -0.2) is 0 Å². The van der Waals surface area contributed by atoms with E-state index in [2.05, 4.69) is 44.2 Å². The molecule has 0 aromatic heterocycles. The minimum atomic E-state index is 0.390. The maximum Gasteiger partial charge on any atom is 0.119 e. The number of nitriles is 1. The van der Waals surface area contributed by atoms with Crippen molar-refractivity contribution < 1.29 is 4.79 Å². The maximum atomic E-state index is 10.4. The van der Waals surface area contributed by atoms with Crippen LogP contribution in [-0.2, 0) is 4.79 Å². The van der Waals surface area contributed by atoms with Crippen molar-refractivity contribution in [2.24, 2.45) is 5.41 Å². The third kappa shape index (κ3) is 14.0. The van der Waals surface area contributed by atoms with Gasteiger partial charge in [-0.05, 0) is 63.2 Å². The molecule has 0 amide bonds. The van der Waals surface area contributed by atoms with Crippen LogP contribution in [0.25, 0.3) is 0 Å². The topological polar surface area (TPSA) is 40.9 Å². The molecule has 0 spiro atoms. The van der Waals surface area contributed by atoms with E-state index < -0.39 is 0 Å². The Hall–Kier alpha value is -1.36. The molecule has 0 N–H and O–H groups in total. The van der Waals surface area contributed by atoms with Gasteiger partial charge in [-0.1, -0.05) is 44.6 Å². The van der Waals surface area contributed by atoms with Crippen LogP contribution in [0, 0.1) is 16.7 Å². The molecule has 0 aliphatic rings. The molecule has 0 saturated carbocycles. The van der Waals surface area contributed by atoms with Crippen LogP contribution in [0.3, 0.4) is 0 Å². The normalized spacial score (nSPS) is 14.1. The summed E-state index contributed by atoms with van der Waals surface area (Å²) in [7, 11) is 0. The smallest absolute Gasteiger partial charge is 0.119 e. The number of hydrogen-bond acceptors (Lipinski definition) is 2. The van der Waals surface area contributed by atoms with Crippen molar-refractivity contribution in [3.8, 4) is 6.07 Å². The molecule has 0 aliphatic carbocycles. The Morgan fingerprint density at radius 3 is 2.04 bits per heavy atom. The lowest BCUT2D eigenvalue weighted by atomic mass is 9.78. The summed E-state index contributed by atoms with van der Waals surface area (Å²) in [5.74, 6) is 0. The first-order valence-electron chi connectivity index (χ1n) is 9.29. The van der Waals surface area contributed by atoms with Gasteiger partial charge in [0.1, 0.15) is 6.29 Å². The summed E-state index contributed by atoms with van der Waals surface area (Å²) in [6, 6.07) is 2.15. The summed E-state index contributed by atoms with van der Waals surface area (Å²) in [5, 5.41) is 8.42. The van der Waals surface area contributed by atoms with Crippen LogP contribution < -0.4 is 0 Å². The number of carbonyl (C=O) groups is 1. The largest absolute Gasteiger partial charge is 0.303 e. The first kappa shape index (κ1) is 21.6. The molecule has 0 aromatic rings. The highest BCUT2D eigenvalue weighted by Gasteiger charge is 2.20. The molecular formula is C21H35NO. The Balaban J connectivity index is 3.63. The van der Waals surface area contributed by atoms with Crippen molar-refractivity contribution in [1.29, 1.82) is 5.26 Å². The van der Waals surface area contributed by atoms with Gasteiger partial charge in [0, 0.05) is 12.8 Å². The van der Waals surface area contributed by atoms with E-state index in [1.165, 1.54) is 32.1 Å². The zero-order valence-electron chi connectivity index (χ0n) is 15.2. The molecule has 1 atom stereocenters. The van der Waals surface area contributed by atoms with Gasteiger partial charge < -0.3 is 4.79 Å². The molecule has 0 radical (unpaired) electrons. The molecule has 2 nitrogen and oxygen atoms in total. The Morgan fingerprint density at radius 1 is 0.870 bits per heavy atom. The zero-order chi connectivity index (χ0) is 17.2. The molecule has 0 fully saturated rings. The molecule has 0 aliphatic heterocycles. The second kappa shape index (κ2) is 15.5. The summed E-state index contributed by atoms with van der Waals surface area (Å²) >= 11 is 0. The highest BCUT2D eigenvalue weighted by atomic mass is 16.1. The Kier molecular flexibility index (Phi) is 14.6. The number of nitrogens with zero attached hydrogens (tertiary/aromatic N) is 1. The average Bonchev–Trinajstić information content (AvgIpc) is 2.56. The van der Waals surface area contributed by atoms with Crippen molar-refractivity contribution in [2.45, 2.75) is 90.9 Å². The third-order valence-corrected chi connectivity index (χ3v) is 4.62. The Morgan fingerprint density at radius 2 is 1.48 bits per heavy atom. The number of allylic oxidation sites excluding steroid dienone is 4. The van der Waals surface area contributed by atoms with Crippen LogP contribution in [0.15, 0.2) is 24.3 Å². The van der Waals surface area contributed by atoms with Gasteiger partial charge in [0.15, 0.2) is 0 Å². The fraction of sp³-hybridized carbons (Fsp3) is 0.714. The van der Waals surface area contributed by atoms with Crippen molar-refractivity contribution in [3.05, 3.63) is 24.3 Å². The second-order valence-corrected chi connectivity index (χ2v) is 6.69. The van der Waals surface area contributed by atoms with Gasteiger partial charge in [0.25, 0.3) is 0 Å². The monoisotopic (exact) mass is 317 g/mol. The van der Waals surface area contributed by atoms with E-state index >= 15 is 0 Å². The summed E-state index contributed by atoms with van der Waals surface area (Å²) in [6.45, 7) is 4.61. The van der Waals surface area contributed by atoms with Crippen LogP contribution in [0.4, 0.5) is 0 Å². The van der Waals surface area contributed by atoms with E-state index in [0.29, 0.717) is 18.3 Å². The minimum Gasteiger partial charge on any atom is -0.303 e. The molecule has 0 saturated heterocycles. The van der Waals surface area contributed by atoms with Crippen LogP contribution in [0.2, 0.25) is 0 Å². The minimum absolute atomic E-state index is 0.390. The molecule has 23 heavy (non-hydrogen) atoms. The quantitative estimate of drug-likeness (QED) is 0.196. The summed E-state index contributed by atoms with van der Waals surface area (Å²) in [6.07, 6.45) is 22.7. The molecule has 2 heteroatoms. The van der Waals surface area contributed by atoms with Crippen LogP contribution in [-0.4, -0.2) is 6.29 Å². The van der Waals surface area contributed by atoms with E-state index in [4.69, 9.17) is 5.26 Å². The molecule has 0 rings (SSSR count). The van der Waals surface area contributed by atoms with E-state index in [-0.39, 0.29) is 0 Å². The maximum absolute atomic E-state index is 10.4. The van der Waals surface area contributed by atoms with Crippen LogP contribution in [0.5, 0.6) is 0 Å². The molecular weight excluding hydrogens is 282 g/mol. The molecule has 130 valence electrons. The van der Waals surface area contributed by atoms with E-state index in [1.807, 2.05) is 0 Å². The number of unbranched alkanes of at least 4 members (excludes halogenated alkanes) is 5. The zero-order valence-corrected chi connectivity index (χ0v) is 15.2. The van der Waals surface area contributed by atoms with E-state index in [0.717, 1.165) is 38.4 Å². The van der Waals surface area contributed by atoms with Crippen molar-refractivity contribution in [3.63, 3.8) is 0 Å². The lowest BCUT2D eigenvalue weighted by Crippen LogP contribution is -2.14. The number of carbonyl (C=O) groups excluding carboxylic acids is 1. The molecule has 0 aromatic carbocycles. The SMILES string of the molecule is CCC(C)(CC/C=C\CCCC/C=C\CCC#N)CCCC=O. The van der Waals surface area contributed by atoms with Gasteiger partial charge in [-0.2, -0.15) is 5.26 Å². The average molecular weight is 318 g/mol. The van der Waals surface area contributed by atoms with Gasteiger partial charge in [-0.15, -0.1) is 0 Å². The predicted molar refractivity (Wildman–Crippen MR) is 99.1 cm³/mol. The lowest BCUT2D eigenvalue weighted by molar-refractivity contribution is -0.108. The highest BCUT2D eigenvalue weighted by Crippen LogP contribution is 2.33. The van der Waals surface area contributed by atoms with Gasteiger partial charge in [-0.3, -0.25) is 0 Å². The fourth-order valence-corrected chi connectivity index (χ4v) is 2.67. The molecule has 1 unspecified atom stereocenters. The summed E-state index contributed by atoms with van der Waals surface area (Å²) in [5.41, 5.74) is 0.390. The van der Waals surface area contributed by atoms with E-state index in [1.54, 1.807) is 0 Å². The summed E-state index contributed by atoms with van der Waals surface area (Å²) < 4.78 is 0. The van der Waals surface area contributed by atoms with E-state index in [9.17, 15) is 4.79 Å². The van der Waals surface area contributed by atoms with Crippen LogP contribution >= 0.6 is 0 Å². The first-order valence-corrected chi connectivity index (χ1v) is 9.29.